The summed E-state index contributed by atoms with van der Waals surface area (Å²) in [4.78, 5) is 2.55. The predicted octanol–water partition coefficient (Wildman–Crippen LogP) is 1.79. The quantitative estimate of drug-likeness (QED) is 0.884. The molecule has 23 heavy (non-hydrogen) atoms. The number of fused-ring (bicyclic) bond motifs is 1. The van der Waals surface area contributed by atoms with Gasteiger partial charge in [0, 0.05) is 57.3 Å². The van der Waals surface area contributed by atoms with E-state index in [-0.39, 0.29) is 0 Å². The van der Waals surface area contributed by atoms with Crippen LogP contribution in [0.3, 0.4) is 0 Å². The summed E-state index contributed by atoms with van der Waals surface area (Å²) in [6.07, 6.45) is 3.12. The zero-order valence-electron chi connectivity index (χ0n) is 13.5. The molecule has 1 aromatic heterocycles. The number of hydrogen-bond donors (Lipinski definition) is 2. The second-order valence-corrected chi connectivity index (χ2v) is 6.76. The maximum atomic E-state index is 4.36. The number of nitrogens with one attached hydrogen (secondary N) is 2. The molecular formula is C18H25N5. The van der Waals surface area contributed by atoms with Gasteiger partial charge in [-0.05, 0) is 12.0 Å². The van der Waals surface area contributed by atoms with Crippen LogP contribution in [0.4, 0.5) is 5.82 Å². The Kier molecular flexibility index (Phi) is 4.30. The molecule has 5 nitrogen and oxygen atoms in total. The molecule has 0 spiro atoms. The number of nitrogens with zero attached hydrogens (tertiary/aromatic N) is 3. The first-order chi connectivity index (χ1) is 11.4. The van der Waals surface area contributed by atoms with E-state index in [9.17, 15) is 0 Å². The zero-order valence-corrected chi connectivity index (χ0v) is 13.5. The van der Waals surface area contributed by atoms with Crippen molar-refractivity contribution in [2.45, 2.75) is 25.6 Å². The van der Waals surface area contributed by atoms with Crippen molar-refractivity contribution < 1.29 is 0 Å². The van der Waals surface area contributed by atoms with Crippen molar-refractivity contribution in [3.05, 3.63) is 48.2 Å². The highest BCUT2D eigenvalue weighted by Crippen LogP contribution is 2.17. The molecule has 122 valence electrons. The van der Waals surface area contributed by atoms with Crippen LogP contribution in [0.2, 0.25) is 0 Å². The molecule has 1 aromatic carbocycles. The van der Waals surface area contributed by atoms with Crippen LogP contribution in [0, 0.1) is 5.92 Å². The van der Waals surface area contributed by atoms with Crippen LogP contribution in [0.25, 0.3) is 0 Å². The van der Waals surface area contributed by atoms with E-state index in [0.29, 0.717) is 12.0 Å². The number of benzene rings is 1. The zero-order chi connectivity index (χ0) is 15.5. The van der Waals surface area contributed by atoms with Gasteiger partial charge in [0.25, 0.3) is 0 Å². The fourth-order valence-electron chi connectivity index (χ4n) is 3.64. The molecule has 0 saturated carbocycles. The van der Waals surface area contributed by atoms with Crippen molar-refractivity contribution in [1.82, 2.24) is 20.0 Å². The minimum atomic E-state index is 0.616. The first-order valence-electron chi connectivity index (χ1n) is 8.62. The van der Waals surface area contributed by atoms with Gasteiger partial charge in [-0.25, -0.2) is 4.68 Å². The topological polar surface area (TPSA) is 45.1 Å². The molecule has 2 aromatic rings. The second-order valence-electron chi connectivity index (χ2n) is 6.76. The maximum absolute atomic E-state index is 4.36. The molecule has 0 amide bonds. The Morgan fingerprint density at radius 2 is 2.09 bits per heavy atom. The standard InChI is InChI=1S/C18H25N5/c1-2-4-15(5-3-1)12-22-9-7-17(14-22)19-10-16-11-20-18-6-8-21-23(18)13-16/h1-6,8,16-17,19-20H,7,9-14H2/t16-,17-/m1/s1. The highest BCUT2D eigenvalue weighted by atomic mass is 15.3. The summed E-state index contributed by atoms with van der Waals surface area (Å²) in [6.45, 7) is 6.54. The van der Waals surface area contributed by atoms with E-state index in [1.54, 1.807) is 0 Å². The molecule has 1 fully saturated rings. The van der Waals surface area contributed by atoms with Crippen LogP contribution >= 0.6 is 0 Å². The first-order valence-corrected chi connectivity index (χ1v) is 8.62. The number of rotatable bonds is 5. The Labute approximate surface area is 137 Å². The van der Waals surface area contributed by atoms with Crippen LogP contribution < -0.4 is 10.6 Å². The lowest BCUT2D eigenvalue weighted by Gasteiger charge is -2.26. The van der Waals surface area contributed by atoms with Gasteiger partial charge in [-0.15, -0.1) is 0 Å². The number of hydrogen-bond acceptors (Lipinski definition) is 4. The lowest BCUT2D eigenvalue weighted by molar-refractivity contribution is 0.312. The minimum Gasteiger partial charge on any atom is -0.370 e. The Morgan fingerprint density at radius 3 is 3.00 bits per heavy atom. The molecule has 0 bridgehead atoms. The minimum absolute atomic E-state index is 0.616. The summed E-state index contributed by atoms with van der Waals surface area (Å²) in [5.74, 6) is 1.77. The van der Waals surface area contributed by atoms with Gasteiger partial charge >= 0.3 is 0 Å². The summed E-state index contributed by atoms with van der Waals surface area (Å²) in [6, 6.07) is 13.4. The fourth-order valence-corrected chi connectivity index (χ4v) is 3.64. The van der Waals surface area contributed by atoms with Crippen molar-refractivity contribution in [2.75, 3.05) is 31.5 Å². The Balaban J connectivity index is 1.22. The Hall–Kier alpha value is -1.85. The number of anilines is 1. The molecule has 2 aliphatic heterocycles. The van der Waals surface area contributed by atoms with E-state index in [1.165, 1.54) is 18.5 Å². The molecule has 2 aliphatic rings. The molecule has 2 N–H and O–H groups in total. The van der Waals surface area contributed by atoms with Gasteiger partial charge in [-0.3, -0.25) is 4.90 Å². The van der Waals surface area contributed by atoms with Gasteiger partial charge in [0.1, 0.15) is 5.82 Å². The molecule has 0 unspecified atom stereocenters. The van der Waals surface area contributed by atoms with E-state index in [2.05, 4.69) is 55.6 Å². The Morgan fingerprint density at radius 1 is 1.17 bits per heavy atom. The van der Waals surface area contributed by atoms with Gasteiger partial charge in [-0.2, -0.15) is 5.10 Å². The van der Waals surface area contributed by atoms with Crippen LogP contribution in [-0.4, -0.2) is 46.9 Å². The van der Waals surface area contributed by atoms with Crippen molar-refractivity contribution >= 4 is 5.82 Å². The van der Waals surface area contributed by atoms with E-state index in [1.807, 2.05) is 12.3 Å². The molecule has 2 atom stereocenters. The van der Waals surface area contributed by atoms with Crippen molar-refractivity contribution in [1.29, 1.82) is 0 Å². The number of likely N-dealkylation sites (tertiary alicyclic amines) is 1. The Bertz CT molecular complexity index is 623. The predicted molar refractivity (Wildman–Crippen MR) is 92.3 cm³/mol. The van der Waals surface area contributed by atoms with Gasteiger partial charge in [0.05, 0.1) is 6.20 Å². The maximum Gasteiger partial charge on any atom is 0.124 e. The molecule has 4 rings (SSSR count). The monoisotopic (exact) mass is 311 g/mol. The van der Waals surface area contributed by atoms with E-state index in [0.717, 1.165) is 38.5 Å². The second kappa shape index (κ2) is 6.72. The van der Waals surface area contributed by atoms with E-state index in [4.69, 9.17) is 0 Å². The molecular weight excluding hydrogens is 286 g/mol. The smallest absolute Gasteiger partial charge is 0.124 e. The molecule has 1 saturated heterocycles. The van der Waals surface area contributed by atoms with Gasteiger partial charge in [-0.1, -0.05) is 30.3 Å². The largest absolute Gasteiger partial charge is 0.370 e. The normalized spacial score (nSPS) is 24.3. The van der Waals surface area contributed by atoms with Crippen molar-refractivity contribution in [2.24, 2.45) is 5.92 Å². The molecule has 0 radical (unpaired) electrons. The summed E-state index contributed by atoms with van der Waals surface area (Å²) < 4.78 is 2.08. The van der Waals surface area contributed by atoms with Crippen LogP contribution in [0.15, 0.2) is 42.6 Å². The summed E-state index contributed by atoms with van der Waals surface area (Å²) in [5, 5.41) is 11.6. The highest BCUT2D eigenvalue weighted by molar-refractivity contribution is 5.35. The van der Waals surface area contributed by atoms with Crippen LogP contribution in [0.5, 0.6) is 0 Å². The van der Waals surface area contributed by atoms with Gasteiger partial charge < -0.3 is 10.6 Å². The molecule has 3 heterocycles. The van der Waals surface area contributed by atoms with E-state index >= 15 is 0 Å². The van der Waals surface area contributed by atoms with E-state index < -0.39 is 0 Å². The SMILES string of the molecule is c1ccc(CN2CC[C@@H](NC[C@@H]3CNc4ccnn4C3)C2)cc1. The third-order valence-electron chi connectivity index (χ3n) is 4.94. The van der Waals surface area contributed by atoms with Crippen molar-refractivity contribution in [3.63, 3.8) is 0 Å². The lowest BCUT2D eigenvalue weighted by atomic mass is 10.1. The molecule has 5 heteroatoms. The van der Waals surface area contributed by atoms with Crippen LogP contribution in [-0.2, 0) is 13.1 Å². The van der Waals surface area contributed by atoms with Gasteiger partial charge in [0.2, 0.25) is 0 Å². The average molecular weight is 311 g/mol. The summed E-state index contributed by atoms with van der Waals surface area (Å²) >= 11 is 0. The molecule has 0 aliphatic carbocycles. The van der Waals surface area contributed by atoms with Crippen molar-refractivity contribution in [3.8, 4) is 0 Å². The van der Waals surface area contributed by atoms with Gasteiger partial charge in [0.15, 0.2) is 0 Å². The lowest BCUT2D eigenvalue weighted by Crippen LogP contribution is -2.40. The first kappa shape index (κ1) is 14.7. The average Bonchev–Trinajstić information content (AvgIpc) is 3.22. The van der Waals surface area contributed by atoms with Crippen LogP contribution in [0.1, 0.15) is 12.0 Å². The third-order valence-corrected chi connectivity index (χ3v) is 4.94. The summed E-state index contributed by atoms with van der Waals surface area (Å²) in [7, 11) is 0. The third kappa shape index (κ3) is 3.57. The number of aromatic nitrogens is 2. The fraction of sp³-hybridized carbons (Fsp3) is 0.500. The summed E-state index contributed by atoms with van der Waals surface area (Å²) in [5.41, 5.74) is 1.41. The highest BCUT2D eigenvalue weighted by Gasteiger charge is 2.24.